The van der Waals surface area contributed by atoms with Crippen LogP contribution in [0.2, 0.25) is 0 Å². The Bertz CT molecular complexity index is 1360. The lowest BCUT2D eigenvalue weighted by molar-refractivity contribution is 0.0283. The normalized spacial score (nSPS) is 11.9. The van der Waals surface area contributed by atoms with Crippen LogP contribution in [0, 0.1) is 11.8 Å². The van der Waals surface area contributed by atoms with Crippen molar-refractivity contribution < 1.29 is 41.0 Å². The molecule has 0 radical (unpaired) electrons. The lowest BCUT2D eigenvalue weighted by Gasteiger charge is -2.24. The molecular formula is C21H21F2N3O7S. The van der Waals surface area contributed by atoms with Crippen molar-refractivity contribution in [3.05, 3.63) is 59.7 Å². The van der Waals surface area contributed by atoms with Gasteiger partial charge in [0.05, 0.1) is 12.1 Å². The number of hydrogen-bond donors (Lipinski definition) is 1. The lowest BCUT2D eigenvalue weighted by atomic mass is 10.1. The third kappa shape index (κ3) is 4.93. The van der Waals surface area contributed by atoms with Crippen molar-refractivity contribution in [2.75, 3.05) is 7.05 Å². The van der Waals surface area contributed by atoms with E-state index in [1.54, 1.807) is 20.8 Å². The van der Waals surface area contributed by atoms with E-state index in [4.69, 9.17) is 14.3 Å². The highest BCUT2D eigenvalue weighted by Crippen LogP contribution is 2.33. The largest absolute Gasteiger partial charge is 0.475 e. The van der Waals surface area contributed by atoms with E-state index in [-0.39, 0.29) is 5.56 Å². The summed E-state index contributed by atoms with van der Waals surface area (Å²) in [4.78, 5) is 27.8. The molecule has 0 aliphatic carbocycles. The molecule has 10 nitrogen and oxygen atoms in total. The Hall–Kier alpha value is -3.74. The van der Waals surface area contributed by atoms with Gasteiger partial charge in [-0.1, -0.05) is 0 Å². The Morgan fingerprint density at radius 2 is 1.91 bits per heavy atom. The maximum absolute atomic E-state index is 15.5. The van der Waals surface area contributed by atoms with Crippen LogP contribution >= 0.6 is 0 Å². The molecule has 1 N–H and O–H groups in total. The van der Waals surface area contributed by atoms with Crippen LogP contribution in [0.5, 0.6) is 0 Å². The first kappa shape index (κ1) is 24.9. The summed E-state index contributed by atoms with van der Waals surface area (Å²) in [6.07, 6.45) is 1.16. The molecular weight excluding hydrogens is 476 g/mol. The van der Waals surface area contributed by atoms with Crippen LogP contribution < -0.4 is 0 Å². The predicted octanol–water partition coefficient (Wildman–Crippen LogP) is 3.72. The second-order valence-electron chi connectivity index (χ2n) is 8.22. The molecule has 0 aliphatic rings. The molecule has 0 aromatic carbocycles. The fraction of sp³-hybridized carbons (Fsp3) is 0.286. The Kier molecular flexibility index (Phi) is 6.51. The number of pyridine rings is 1. The summed E-state index contributed by atoms with van der Waals surface area (Å²) in [5.41, 5.74) is -2.28. The van der Waals surface area contributed by atoms with E-state index in [1.807, 2.05) is 0 Å². The SMILES string of the molecule is CN(Cc1cn(S(=O)(=O)c2ccc(C(=O)O)o2)c(-c2cccnc2F)c1F)C(=O)OC(C)(C)C. The number of ether oxygens (including phenoxy) is 1. The van der Waals surface area contributed by atoms with Crippen LogP contribution in [0.3, 0.4) is 0 Å². The molecule has 3 aromatic rings. The zero-order valence-electron chi connectivity index (χ0n) is 18.6. The van der Waals surface area contributed by atoms with Crippen LogP contribution in [-0.4, -0.2) is 52.1 Å². The Balaban J connectivity index is 2.14. The molecule has 3 heterocycles. The Morgan fingerprint density at radius 3 is 2.47 bits per heavy atom. The number of hydrogen-bond acceptors (Lipinski definition) is 7. The van der Waals surface area contributed by atoms with Gasteiger partial charge in [0.25, 0.3) is 0 Å². The van der Waals surface area contributed by atoms with Crippen molar-refractivity contribution in [1.29, 1.82) is 0 Å². The highest BCUT2D eigenvalue weighted by Gasteiger charge is 2.32. The van der Waals surface area contributed by atoms with Crippen molar-refractivity contribution in [3.63, 3.8) is 0 Å². The van der Waals surface area contributed by atoms with E-state index < -0.39 is 68.1 Å². The van der Waals surface area contributed by atoms with Crippen molar-refractivity contribution in [3.8, 4) is 11.3 Å². The van der Waals surface area contributed by atoms with Gasteiger partial charge >= 0.3 is 22.1 Å². The average Bonchev–Trinajstić information content (AvgIpc) is 3.34. The standard InChI is InChI=1S/C21H21F2N3O7S/c1-21(2,3)33-20(29)25(4)10-12-11-26(17(16(12)22)13-6-5-9-24-18(13)23)34(30,31)15-8-7-14(32-15)19(27)28/h5-9,11H,10H2,1-4H3,(H,27,28). The summed E-state index contributed by atoms with van der Waals surface area (Å²) in [6, 6.07) is 4.20. The van der Waals surface area contributed by atoms with E-state index in [1.165, 1.54) is 13.1 Å². The van der Waals surface area contributed by atoms with Gasteiger partial charge in [0, 0.05) is 25.0 Å². The first-order valence-electron chi connectivity index (χ1n) is 9.76. The van der Waals surface area contributed by atoms with E-state index >= 15 is 4.39 Å². The molecule has 34 heavy (non-hydrogen) atoms. The summed E-state index contributed by atoms with van der Waals surface area (Å²) in [6.45, 7) is 4.50. The second kappa shape index (κ2) is 8.89. The van der Waals surface area contributed by atoms with Crippen LogP contribution in [0.4, 0.5) is 13.6 Å². The molecule has 0 atom stereocenters. The monoisotopic (exact) mass is 497 g/mol. The summed E-state index contributed by atoms with van der Waals surface area (Å²) >= 11 is 0. The molecule has 0 spiro atoms. The highest BCUT2D eigenvalue weighted by molar-refractivity contribution is 7.89. The van der Waals surface area contributed by atoms with Gasteiger partial charge in [0.2, 0.25) is 16.8 Å². The number of halogens is 2. The van der Waals surface area contributed by atoms with E-state index in [0.29, 0.717) is 3.97 Å². The van der Waals surface area contributed by atoms with Gasteiger partial charge in [0.1, 0.15) is 11.3 Å². The van der Waals surface area contributed by atoms with Crippen LogP contribution in [0.15, 0.2) is 46.2 Å². The van der Waals surface area contributed by atoms with Gasteiger partial charge in [-0.25, -0.2) is 22.9 Å². The summed E-state index contributed by atoms with van der Waals surface area (Å²) in [7, 11) is -3.40. The fourth-order valence-electron chi connectivity index (χ4n) is 2.94. The Morgan fingerprint density at radius 1 is 1.24 bits per heavy atom. The molecule has 3 rings (SSSR count). The smallest absolute Gasteiger partial charge is 0.410 e. The zero-order valence-corrected chi connectivity index (χ0v) is 19.4. The van der Waals surface area contributed by atoms with Gasteiger partial charge in [-0.3, -0.25) is 0 Å². The topological polar surface area (TPSA) is 132 Å². The quantitative estimate of drug-likeness (QED) is 0.510. The maximum Gasteiger partial charge on any atom is 0.410 e. The third-order valence-electron chi connectivity index (χ3n) is 4.42. The summed E-state index contributed by atoms with van der Waals surface area (Å²) in [5, 5.41) is 8.21. The maximum atomic E-state index is 15.5. The number of furan rings is 1. The minimum Gasteiger partial charge on any atom is -0.475 e. The summed E-state index contributed by atoms with van der Waals surface area (Å²) in [5.74, 6) is -4.45. The number of nitrogens with zero attached hydrogens (tertiary/aromatic N) is 3. The minimum atomic E-state index is -4.72. The number of carbonyl (C=O) groups excluding carboxylic acids is 1. The third-order valence-corrected chi connectivity index (χ3v) is 5.95. The minimum absolute atomic E-state index is 0.278. The van der Waals surface area contributed by atoms with E-state index in [0.717, 1.165) is 35.5 Å². The number of carboxylic acids is 1. The van der Waals surface area contributed by atoms with Crippen LogP contribution in [-0.2, 0) is 21.3 Å². The number of carboxylic acid groups (broad SMARTS) is 1. The fourth-order valence-corrected chi connectivity index (χ4v) is 4.26. The van der Waals surface area contributed by atoms with Gasteiger partial charge in [-0.2, -0.15) is 12.8 Å². The number of carbonyl (C=O) groups is 2. The molecule has 0 aliphatic heterocycles. The first-order chi connectivity index (χ1) is 15.7. The lowest BCUT2D eigenvalue weighted by Crippen LogP contribution is -2.33. The van der Waals surface area contributed by atoms with Gasteiger partial charge in [0.15, 0.2) is 5.82 Å². The summed E-state index contributed by atoms with van der Waals surface area (Å²) < 4.78 is 66.9. The highest BCUT2D eigenvalue weighted by atomic mass is 32.2. The number of amides is 1. The van der Waals surface area contributed by atoms with Gasteiger partial charge in [-0.15, -0.1) is 0 Å². The van der Waals surface area contributed by atoms with E-state index in [9.17, 15) is 22.4 Å². The molecule has 0 unspecified atom stereocenters. The average molecular weight is 497 g/mol. The molecule has 3 aromatic heterocycles. The second-order valence-corrected chi connectivity index (χ2v) is 9.97. The Labute approximate surface area is 193 Å². The first-order valence-corrected chi connectivity index (χ1v) is 11.2. The van der Waals surface area contributed by atoms with Crippen LogP contribution in [0.25, 0.3) is 11.3 Å². The van der Waals surface area contributed by atoms with Gasteiger partial charge < -0.3 is 19.2 Å². The van der Waals surface area contributed by atoms with Crippen molar-refractivity contribution in [2.45, 2.75) is 38.0 Å². The van der Waals surface area contributed by atoms with Crippen molar-refractivity contribution >= 4 is 22.1 Å². The number of aromatic nitrogens is 2. The molecule has 1 amide bonds. The van der Waals surface area contributed by atoms with Crippen molar-refractivity contribution in [1.82, 2.24) is 13.9 Å². The van der Waals surface area contributed by atoms with Gasteiger partial charge in [-0.05, 0) is 45.0 Å². The molecule has 13 heteroatoms. The van der Waals surface area contributed by atoms with Crippen molar-refractivity contribution in [2.24, 2.45) is 0 Å². The molecule has 182 valence electrons. The predicted molar refractivity (Wildman–Crippen MR) is 114 cm³/mol. The van der Waals surface area contributed by atoms with E-state index in [2.05, 4.69) is 4.98 Å². The molecule has 0 saturated carbocycles. The van der Waals surface area contributed by atoms with Crippen LogP contribution in [0.1, 0.15) is 36.9 Å². The number of rotatable bonds is 6. The number of aromatic carboxylic acids is 1. The molecule has 0 fully saturated rings. The zero-order chi connectivity index (χ0) is 25.4. The molecule has 0 saturated heterocycles. The molecule has 0 bridgehead atoms.